The SMILES string of the molecule is CN1NC(=O)C(=O)NC1SCC1=C(C(=O)O)N2C(=O)C(N)C2SC1. The van der Waals surface area contributed by atoms with Crippen molar-refractivity contribution in [3.8, 4) is 0 Å². The van der Waals surface area contributed by atoms with Gasteiger partial charge in [0.05, 0.1) is 0 Å². The molecular weight excluding hydrogens is 358 g/mol. The molecule has 3 rings (SSSR count). The van der Waals surface area contributed by atoms with Crippen molar-refractivity contribution in [3.05, 3.63) is 11.3 Å². The highest BCUT2D eigenvalue weighted by Crippen LogP contribution is 2.40. The molecule has 2 saturated heterocycles. The summed E-state index contributed by atoms with van der Waals surface area (Å²) < 4.78 is 0. The number of carboxylic acids is 1. The molecule has 12 heteroatoms. The molecule has 3 aliphatic heterocycles. The second kappa shape index (κ2) is 6.27. The quantitative estimate of drug-likeness (QED) is 0.315. The van der Waals surface area contributed by atoms with E-state index in [1.807, 2.05) is 0 Å². The maximum atomic E-state index is 11.9. The van der Waals surface area contributed by atoms with E-state index in [0.717, 1.165) is 0 Å². The summed E-state index contributed by atoms with van der Waals surface area (Å²) in [6.45, 7) is 0. The Labute approximate surface area is 145 Å². The predicted molar refractivity (Wildman–Crippen MR) is 86.0 cm³/mol. The molecule has 10 nitrogen and oxygen atoms in total. The number of nitrogens with one attached hydrogen (secondary N) is 2. The number of aliphatic carboxylic acids is 1. The number of thioether (sulfide) groups is 2. The van der Waals surface area contributed by atoms with Gasteiger partial charge in [0.15, 0.2) is 0 Å². The largest absolute Gasteiger partial charge is 0.477 e. The number of rotatable bonds is 4. The molecule has 0 spiro atoms. The van der Waals surface area contributed by atoms with Gasteiger partial charge in [0, 0.05) is 18.6 Å². The van der Waals surface area contributed by atoms with E-state index in [0.29, 0.717) is 11.3 Å². The lowest BCUT2D eigenvalue weighted by atomic mass is 10.0. The number of hydrogen-bond donors (Lipinski definition) is 4. The average Bonchev–Trinajstić information content (AvgIpc) is 2.55. The Morgan fingerprint density at radius 3 is 2.79 bits per heavy atom. The Bertz CT molecular complexity index is 668. The van der Waals surface area contributed by atoms with Crippen LogP contribution in [0.15, 0.2) is 11.3 Å². The van der Waals surface area contributed by atoms with Gasteiger partial charge in [0.2, 0.25) is 5.91 Å². The van der Waals surface area contributed by atoms with Crippen LogP contribution in [-0.4, -0.2) is 74.2 Å². The number of β-lactam (4-membered cyclic amide) rings is 1. The standard InChI is InChI=1S/C12H15N5O5S2/c1-16-12(14-7(18)8(19)15-16)24-3-4-2-23-10-5(13)9(20)17(10)6(4)11(21)22/h5,10,12H,2-3,13H2,1H3,(H,14,18)(H,15,19)(H,21,22). The highest BCUT2D eigenvalue weighted by atomic mass is 32.2. The maximum Gasteiger partial charge on any atom is 0.352 e. The molecule has 0 aromatic heterocycles. The van der Waals surface area contributed by atoms with Gasteiger partial charge in [-0.25, -0.2) is 4.79 Å². The average molecular weight is 373 g/mol. The lowest BCUT2D eigenvalue weighted by Crippen LogP contribution is -2.68. The second-order valence-electron chi connectivity index (χ2n) is 5.38. The van der Waals surface area contributed by atoms with Gasteiger partial charge in [-0.2, -0.15) is 5.01 Å². The zero-order valence-corrected chi connectivity index (χ0v) is 14.1. The van der Waals surface area contributed by atoms with Crippen LogP contribution in [0.2, 0.25) is 0 Å². The molecule has 0 aromatic carbocycles. The molecule has 130 valence electrons. The summed E-state index contributed by atoms with van der Waals surface area (Å²) in [5, 5.41) is 13.1. The third-order valence-electron chi connectivity index (χ3n) is 3.80. The number of carbonyl (C=O) groups excluding carboxylic acids is 3. The first-order chi connectivity index (χ1) is 11.3. The summed E-state index contributed by atoms with van der Waals surface area (Å²) in [5.41, 5.74) is 8.09. The molecule has 3 atom stereocenters. The van der Waals surface area contributed by atoms with Gasteiger partial charge >= 0.3 is 17.8 Å². The minimum Gasteiger partial charge on any atom is -0.477 e. The molecule has 0 radical (unpaired) electrons. The van der Waals surface area contributed by atoms with E-state index < -0.39 is 35.2 Å². The first-order valence-corrected chi connectivity index (χ1v) is 9.02. The first-order valence-electron chi connectivity index (χ1n) is 6.92. The van der Waals surface area contributed by atoms with Gasteiger partial charge in [-0.3, -0.25) is 24.7 Å². The van der Waals surface area contributed by atoms with Crippen molar-refractivity contribution in [2.75, 3.05) is 18.6 Å². The van der Waals surface area contributed by atoms with Crippen molar-refractivity contribution in [2.45, 2.75) is 16.9 Å². The van der Waals surface area contributed by atoms with Crippen LogP contribution < -0.4 is 16.5 Å². The van der Waals surface area contributed by atoms with Crippen molar-refractivity contribution in [1.82, 2.24) is 20.7 Å². The second-order valence-corrected chi connectivity index (χ2v) is 7.56. The molecule has 3 amide bonds. The minimum absolute atomic E-state index is 0.0354. The van der Waals surface area contributed by atoms with Crippen molar-refractivity contribution in [1.29, 1.82) is 0 Å². The molecular formula is C12H15N5O5S2. The zero-order chi connectivity index (χ0) is 17.6. The highest BCUT2D eigenvalue weighted by Gasteiger charge is 2.51. The summed E-state index contributed by atoms with van der Waals surface area (Å²) in [6.07, 6.45) is 0. The number of hydrazine groups is 1. The Morgan fingerprint density at radius 1 is 1.42 bits per heavy atom. The summed E-state index contributed by atoms with van der Waals surface area (Å²) in [6, 6.07) is -0.669. The van der Waals surface area contributed by atoms with Crippen LogP contribution in [0, 0.1) is 0 Å². The van der Waals surface area contributed by atoms with Gasteiger partial charge < -0.3 is 16.2 Å². The molecule has 0 saturated carbocycles. The van der Waals surface area contributed by atoms with E-state index in [9.17, 15) is 24.3 Å². The number of carbonyl (C=O) groups is 4. The van der Waals surface area contributed by atoms with Crippen LogP contribution in [0.4, 0.5) is 0 Å². The number of fused-ring (bicyclic) bond motifs is 1. The summed E-state index contributed by atoms with van der Waals surface area (Å²) >= 11 is 2.66. The molecule has 0 bridgehead atoms. The fourth-order valence-corrected chi connectivity index (χ4v) is 5.05. The Hall–Kier alpha value is -1.76. The van der Waals surface area contributed by atoms with E-state index in [4.69, 9.17) is 5.73 Å². The molecule has 3 unspecified atom stereocenters. The predicted octanol–water partition coefficient (Wildman–Crippen LogP) is -2.32. The molecule has 0 aromatic rings. The lowest BCUT2D eigenvalue weighted by molar-refractivity contribution is -0.147. The van der Waals surface area contributed by atoms with Gasteiger partial charge in [0.1, 0.15) is 22.6 Å². The summed E-state index contributed by atoms with van der Waals surface area (Å²) in [7, 11) is 1.59. The van der Waals surface area contributed by atoms with Crippen LogP contribution in [-0.2, 0) is 19.2 Å². The van der Waals surface area contributed by atoms with Crippen LogP contribution in [0.5, 0.6) is 0 Å². The summed E-state index contributed by atoms with van der Waals surface area (Å²) in [5.74, 6) is -2.36. The molecule has 24 heavy (non-hydrogen) atoms. The number of nitrogens with zero attached hydrogens (tertiary/aromatic N) is 2. The first kappa shape index (κ1) is 17.1. The van der Waals surface area contributed by atoms with Gasteiger partial charge in [-0.05, 0) is 5.57 Å². The molecule has 3 heterocycles. The van der Waals surface area contributed by atoms with Gasteiger partial charge in [0.25, 0.3) is 0 Å². The molecule has 0 aliphatic carbocycles. The zero-order valence-electron chi connectivity index (χ0n) is 12.5. The van der Waals surface area contributed by atoms with Gasteiger partial charge in [-0.15, -0.1) is 23.5 Å². The fraction of sp³-hybridized carbons (Fsp3) is 0.500. The van der Waals surface area contributed by atoms with Crippen molar-refractivity contribution < 1.29 is 24.3 Å². The normalized spacial score (nSPS) is 30.5. The fourth-order valence-electron chi connectivity index (χ4n) is 2.57. The highest BCUT2D eigenvalue weighted by molar-refractivity contribution is 8.01. The van der Waals surface area contributed by atoms with Crippen molar-refractivity contribution in [2.24, 2.45) is 5.73 Å². The van der Waals surface area contributed by atoms with E-state index >= 15 is 0 Å². The van der Waals surface area contributed by atoms with Crippen molar-refractivity contribution >= 4 is 47.2 Å². The number of hydrogen-bond acceptors (Lipinski definition) is 8. The lowest BCUT2D eigenvalue weighted by Gasteiger charge is -2.48. The van der Waals surface area contributed by atoms with E-state index in [-0.39, 0.29) is 16.8 Å². The summed E-state index contributed by atoms with van der Waals surface area (Å²) in [4.78, 5) is 47.3. The van der Waals surface area contributed by atoms with E-state index in [1.54, 1.807) is 7.05 Å². The molecule has 2 fully saturated rings. The Balaban J connectivity index is 1.73. The third kappa shape index (κ3) is 2.75. The van der Waals surface area contributed by atoms with E-state index in [2.05, 4.69) is 10.7 Å². The van der Waals surface area contributed by atoms with E-state index in [1.165, 1.54) is 33.4 Å². The molecule has 5 N–H and O–H groups in total. The number of amides is 3. The monoisotopic (exact) mass is 373 g/mol. The van der Waals surface area contributed by atoms with Crippen LogP contribution in [0.1, 0.15) is 0 Å². The Kier molecular flexibility index (Phi) is 4.46. The van der Waals surface area contributed by atoms with Gasteiger partial charge in [-0.1, -0.05) is 0 Å². The van der Waals surface area contributed by atoms with Crippen molar-refractivity contribution in [3.63, 3.8) is 0 Å². The minimum atomic E-state index is -1.18. The maximum absolute atomic E-state index is 11.9. The Morgan fingerprint density at radius 2 is 2.12 bits per heavy atom. The number of carboxylic acid groups (broad SMARTS) is 1. The number of nitrogens with two attached hydrogens (primary N) is 1. The smallest absolute Gasteiger partial charge is 0.352 e. The third-order valence-corrected chi connectivity index (χ3v) is 6.42. The molecule has 3 aliphatic rings. The van der Waals surface area contributed by atoms with Crippen LogP contribution in [0.25, 0.3) is 0 Å². The topological polar surface area (TPSA) is 145 Å². The van der Waals surface area contributed by atoms with Crippen LogP contribution in [0.3, 0.4) is 0 Å². The van der Waals surface area contributed by atoms with Crippen LogP contribution >= 0.6 is 23.5 Å².